The highest BCUT2D eigenvalue weighted by molar-refractivity contribution is 5.96. The van der Waals surface area contributed by atoms with E-state index in [1.165, 1.54) is 18.2 Å². The Kier molecular flexibility index (Phi) is 3.29. The van der Waals surface area contributed by atoms with Crippen LogP contribution >= 0.6 is 0 Å². The minimum atomic E-state index is -0.465. The van der Waals surface area contributed by atoms with Crippen LogP contribution in [0.15, 0.2) is 18.2 Å². The fourth-order valence-electron chi connectivity index (χ4n) is 2.14. The number of aryl methyl sites for hydroxylation is 1. The standard InChI is InChI=1S/C12H15N3O3/c1-8-6-10(15(17)18)2-3-11(8)12(16)14-5-4-9(13)7-14/h2-3,6,9H,4-5,7,13H2,1H3. The Morgan fingerprint density at radius 1 is 1.56 bits per heavy atom. The average molecular weight is 249 g/mol. The topological polar surface area (TPSA) is 89.5 Å². The van der Waals surface area contributed by atoms with Crippen molar-refractivity contribution in [3.63, 3.8) is 0 Å². The molecule has 1 amide bonds. The van der Waals surface area contributed by atoms with Gasteiger partial charge in [0, 0.05) is 36.8 Å². The normalized spacial score (nSPS) is 19.0. The van der Waals surface area contributed by atoms with Gasteiger partial charge in [-0.3, -0.25) is 14.9 Å². The van der Waals surface area contributed by atoms with E-state index in [4.69, 9.17) is 5.73 Å². The van der Waals surface area contributed by atoms with E-state index in [9.17, 15) is 14.9 Å². The van der Waals surface area contributed by atoms with Crippen molar-refractivity contribution in [2.45, 2.75) is 19.4 Å². The molecule has 1 aromatic carbocycles. The summed E-state index contributed by atoms with van der Waals surface area (Å²) in [5.74, 6) is -0.102. The predicted octanol–water partition coefficient (Wildman–Crippen LogP) is 1.08. The van der Waals surface area contributed by atoms with E-state index in [-0.39, 0.29) is 17.6 Å². The number of nitrogens with two attached hydrogens (primary N) is 1. The Bertz CT molecular complexity index is 501. The van der Waals surface area contributed by atoms with E-state index in [1.807, 2.05) is 0 Å². The Hall–Kier alpha value is -1.95. The third kappa shape index (κ3) is 2.33. The zero-order chi connectivity index (χ0) is 13.3. The van der Waals surface area contributed by atoms with Crippen LogP contribution in [-0.4, -0.2) is 34.9 Å². The Morgan fingerprint density at radius 2 is 2.28 bits per heavy atom. The quantitative estimate of drug-likeness (QED) is 0.627. The average Bonchev–Trinajstić information content (AvgIpc) is 2.74. The summed E-state index contributed by atoms with van der Waals surface area (Å²) in [7, 11) is 0. The molecule has 2 N–H and O–H groups in total. The molecule has 0 aromatic heterocycles. The van der Waals surface area contributed by atoms with E-state index < -0.39 is 4.92 Å². The van der Waals surface area contributed by atoms with Gasteiger partial charge < -0.3 is 10.6 Å². The minimum Gasteiger partial charge on any atom is -0.337 e. The number of non-ortho nitro benzene ring substituents is 1. The van der Waals surface area contributed by atoms with Crippen LogP contribution < -0.4 is 5.73 Å². The summed E-state index contributed by atoms with van der Waals surface area (Å²) in [6.45, 7) is 2.90. The second-order valence-corrected chi connectivity index (χ2v) is 4.56. The number of hydrogen-bond donors (Lipinski definition) is 1. The van der Waals surface area contributed by atoms with Crippen molar-refractivity contribution in [1.82, 2.24) is 4.90 Å². The highest BCUT2D eigenvalue weighted by Gasteiger charge is 2.25. The fourth-order valence-corrected chi connectivity index (χ4v) is 2.14. The third-order valence-corrected chi connectivity index (χ3v) is 3.16. The first-order valence-corrected chi connectivity index (χ1v) is 5.79. The Labute approximate surface area is 105 Å². The van der Waals surface area contributed by atoms with Gasteiger partial charge in [-0.2, -0.15) is 0 Å². The summed E-state index contributed by atoms with van der Waals surface area (Å²) < 4.78 is 0. The van der Waals surface area contributed by atoms with Crippen molar-refractivity contribution < 1.29 is 9.72 Å². The molecular weight excluding hydrogens is 234 g/mol. The van der Waals surface area contributed by atoms with E-state index in [0.717, 1.165) is 6.42 Å². The summed E-state index contributed by atoms with van der Waals surface area (Å²) in [6.07, 6.45) is 0.803. The summed E-state index contributed by atoms with van der Waals surface area (Å²) in [5.41, 5.74) is 6.89. The van der Waals surface area contributed by atoms with Gasteiger partial charge in [0.05, 0.1) is 4.92 Å². The zero-order valence-electron chi connectivity index (χ0n) is 10.1. The first kappa shape index (κ1) is 12.5. The monoisotopic (exact) mass is 249 g/mol. The van der Waals surface area contributed by atoms with Crippen LogP contribution in [0.25, 0.3) is 0 Å². The van der Waals surface area contributed by atoms with E-state index in [1.54, 1.807) is 11.8 Å². The number of carbonyl (C=O) groups is 1. The van der Waals surface area contributed by atoms with E-state index in [2.05, 4.69) is 0 Å². The molecule has 1 unspecified atom stereocenters. The predicted molar refractivity (Wildman–Crippen MR) is 66.3 cm³/mol. The second kappa shape index (κ2) is 4.73. The molecule has 6 heteroatoms. The lowest BCUT2D eigenvalue weighted by Gasteiger charge is -2.16. The number of likely N-dealkylation sites (tertiary alicyclic amines) is 1. The van der Waals surface area contributed by atoms with Gasteiger partial charge in [-0.1, -0.05) is 0 Å². The molecule has 1 heterocycles. The van der Waals surface area contributed by atoms with Crippen LogP contribution in [0.3, 0.4) is 0 Å². The summed E-state index contributed by atoms with van der Waals surface area (Å²) in [5, 5.41) is 10.6. The molecular formula is C12H15N3O3. The molecule has 6 nitrogen and oxygen atoms in total. The van der Waals surface area contributed by atoms with Gasteiger partial charge in [-0.15, -0.1) is 0 Å². The molecule has 0 spiro atoms. The highest BCUT2D eigenvalue weighted by atomic mass is 16.6. The number of benzene rings is 1. The highest BCUT2D eigenvalue weighted by Crippen LogP contribution is 2.20. The molecule has 1 fully saturated rings. The number of nitrogens with zero attached hydrogens (tertiary/aromatic N) is 2. The first-order chi connectivity index (χ1) is 8.49. The van der Waals surface area contributed by atoms with Crippen LogP contribution in [0.5, 0.6) is 0 Å². The zero-order valence-corrected chi connectivity index (χ0v) is 10.1. The summed E-state index contributed by atoms with van der Waals surface area (Å²) >= 11 is 0. The number of nitro benzene ring substituents is 1. The lowest BCUT2D eigenvalue weighted by molar-refractivity contribution is -0.384. The van der Waals surface area contributed by atoms with Crippen molar-refractivity contribution in [2.24, 2.45) is 5.73 Å². The maximum atomic E-state index is 12.2. The van der Waals surface area contributed by atoms with Crippen LogP contribution in [-0.2, 0) is 0 Å². The van der Waals surface area contributed by atoms with Crippen LogP contribution in [0.1, 0.15) is 22.3 Å². The maximum Gasteiger partial charge on any atom is 0.269 e. The maximum absolute atomic E-state index is 12.2. The van der Waals surface area contributed by atoms with Crippen molar-refractivity contribution in [3.05, 3.63) is 39.4 Å². The number of hydrogen-bond acceptors (Lipinski definition) is 4. The fraction of sp³-hybridized carbons (Fsp3) is 0.417. The molecule has 1 aliphatic heterocycles. The van der Waals surface area contributed by atoms with Crippen molar-refractivity contribution >= 4 is 11.6 Å². The Morgan fingerprint density at radius 3 is 2.78 bits per heavy atom. The molecule has 18 heavy (non-hydrogen) atoms. The Balaban J connectivity index is 2.23. The minimum absolute atomic E-state index is 0.00201. The third-order valence-electron chi connectivity index (χ3n) is 3.16. The molecule has 1 atom stereocenters. The van der Waals surface area contributed by atoms with Crippen molar-refractivity contribution in [1.29, 1.82) is 0 Å². The van der Waals surface area contributed by atoms with E-state index in [0.29, 0.717) is 24.2 Å². The number of nitro groups is 1. The summed E-state index contributed by atoms with van der Waals surface area (Å²) in [6, 6.07) is 4.33. The molecule has 2 rings (SSSR count). The lowest BCUT2D eigenvalue weighted by Crippen LogP contribution is -2.32. The van der Waals surface area contributed by atoms with Gasteiger partial charge in [-0.25, -0.2) is 0 Å². The first-order valence-electron chi connectivity index (χ1n) is 5.79. The van der Waals surface area contributed by atoms with Gasteiger partial charge in [0.1, 0.15) is 0 Å². The van der Waals surface area contributed by atoms with E-state index >= 15 is 0 Å². The number of rotatable bonds is 2. The van der Waals surface area contributed by atoms with Gasteiger partial charge in [0.15, 0.2) is 0 Å². The molecule has 0 radical (unpaired) electrons. The molecule has 1 saturated heterocycles. The van der Waals surface area contributed by atoms with Crippen molar-refractivity contribution in [2.75, 3.05) is 13.1 Å². The lowest BCUT2D eigenvalue weighted by atomic mass is 10.1. The molecule has 1 aliphatic rings. The molecule has 0 saturated carbocycles. The van der Waals surface area contributed by atoms with Crippen LogP contribution in [0, 0.1) is 17.0 Å². The van der Waals surface area contributed by atoms with Gasteiger partial charge in [0.2, 0.25) is 0 Å². The van der Waals surface area contributed by atoms with Crippen molar-refractivity contribution in [3.8, 4) is 0 Å². The molecule has 0 bridgehead atoms. The second-order valence-electron chi connectivity index (χ2n) is 4.56. The van der Waals surface area contributed by atoms with Gasteiger partial charge in [-0.05, 0) is 25.0 Å². The van der Waals surface area contributed by atoms with Gasteiger partial charge in [0.25, 0.3) is 11.6 Å². The van der Waals surface area contributed by atoms with Gasteiger partial charge >= 0.3 is 0 Å². The molecule has 0 aliphatic carbocycles. The molecule has 1 aromatic rings. The summed E-state index contributed by atoms with van der Waals surface area (Å²) in [4.78, 5) is 24.1. The SMILES string of the molecule is Cc1cc([N+](=O)[O-])ccc1C(=O)N1CCC(N)C1. The molecule has 96 valence electrons. The number of amides is 1. The van der Waals surface area contributed by atoms with Crippen LogP contribution in [0.4, 0.5) is 5.69 Å². The largest absolute Gasteiger partial charge is 0.337 e. The van der Waals surface area contributed by atoms with Crippen LogP contribution in [0.2, 0.25) is 0 Å². The number of carbonyl (C=O) groups excluding carboxylic acids is 1. The smallest absolute Gasteiger partial charge is 0.269 e.